The standard InChI is InChI=1S/C32H41N9O5/c1-5-15-34-29-26(20-35-32(39-29)38-23-13-11-22(12-14-23)28(33)44)31(46)37-25-9-6-8-24(19-25)36-30(45)21(2)41(4)27(43)10-7-16-40(3)17-18-42/h6-14,19-21,42H,5,15-18H2,1-4H3,(H2,33,44)(H,36,45)(H,37,46)(H2,34,35,38,39)/b10-7+/t21-/m0/s1. The molecule has 3 rings (SSSR count). The fourth-order valence-corrected chi connectivity index (χ4v) is 4.03. The van der Waals surface area contributed by atoms with Gasteiger partial charge in [0.1, 0.15) is 17.4 Å². The number of primary amides is 1. The van der Waals surface area contributed by atoms with Crippen LogP contribution in [0.5, 0.6) is 0 Å². The predicted octanol–water partition coefficient (Wildman–Crippen LogP) is 2.66. The lowest BCUT2D eigenvalue weighted by atomic mass is 10.2. The number of hydrogen-bond donors (Lipinski definition) is 6. The van der Waals surface area contributed by atoms with E-state index in [2.05, 4.69) is 31.2 Å². The van der Waals surface area contributed by atoms with Crippen LogP contribution < -0.4 is 27.0 Å². The van der Waals surface area contributed by atoms with E-state index in [-0.39, 0.29) is 24.0 Å². The van der Waals surface area contributed by atoms with Crippen LogP contribution in [0, 0.1) is 0 Å². The largest absolute Gasteiger partial charge is 0.395 e. The Bertz CT molecular complexity index is 1550. The van der Waals surface area contributed by atoms with E-state index in [0.717, 1.165) is 6.42 Å². The summed E-state index contributed by atoms with van der Waals surface area (Å²) in [6.45, 7) is 5.16. The van der Waals surface area contributed by atoms with Crippen LogP contribution in [0.3, 0.4) is 0 Å². The summed E-state index contributed by atoms with van der Waals surface area (Å²) < 4.78 is 0. The third-order valence-corrected chi connectivity index (χ3v) is 6.86. The van der Waals surface area contributed by atoms with Gasteiger partial charge in [0.05, 0.1) is 6.61 Å². The molecular weight excluding hydrogens is 590 g/mol. The summed E-state index contributed by atoms with van der Waals surface area (Å²) >= 11 is 0. The van der Waals surface area contributed by atoms with Gasteiger partial charge in [0.25, 0.3) is 5.91 Å². The first kappa shape index (κ1) is 35.1. The van der Waals surface area contributed by atoms with Crippen LogP contribution in [-0.4, -0.2) is 94.9 Å². The van der Waals surface area contributed by atoms with Crippen molar-refractivity contribution in [2.45, 2.75) is 26.3 Å². The van der Waals surface area contributed by atoms with Gasteiger partial charge >= 0.3 is 0 Å². The molecule has 0 aliphatic carbocycles. The molecule has 0 spiro atoms. The highest BCUT2D eigenvalue weighted by Gasteiger charge is 2.21. The SMILES string of the molecule is CCCNc1nc(Nc2ccc(C(N)=O)cc2)ncc1C(=O)Nc1cccc(NC(=O)[C@H](C)N(C)C(=O)/C=C/CN(C)CCO)c1. The number of anilines is 5. The zero-order valence-corrected chi connectivity index (χ0v) is 26.4. The molecule has 0 unspecified atom stereocenters. The summed E-state index contributed by atoms with van der Waals surface area (Å²) in [4.78, 5) is 62.0. The molecule has 0 radical (unpaired) electrons. The molecule has 0 fully saturated rings. The number of nitrogens with one attached hydrogen (secondary N) is 4. The highest BCUT2D eigenvalue weighted by Crippen LogP contribution is 2.21. The monoisotopic (exact) mass is 631 g/mol. The first-order valence-electron chi connectivity index (χ1n) is 14.7. The van der Waals surface area contributed by atoms with Crippen molar-refractivity contribution < 1.29 is 24.3 Å². The molecule has 14 heteroatoms. The summed E-state index contributed by atoms with van der Waals surface area (Å²) in [7, 11) is 3.36. The summed E-state index contributed by atoms with van der Waals surface area (Å²) in [5.41, 5.74) is 7.36. The zero-order valence-electron chi connectivity index (χ0n) is 26.4. The van der Waals surface area contributed by atoms with Crippen molar-refractivity contribution in [3.63, 3.8) is 0 Å². The zero-order chi connectivity index (χ0) is 33.6. The molecule has 3 aromatic rings. The number of hydrogen-bond acceptors (Lipinski definition) is 10. The first-order valence-corrected chi connectivity index (χ1v) is 14.7. The number of rotatable bonds is 16. The number of aliphatic hydroxyl groups excluding tert-OH is 1. The Kier molecular flexibility index (Phi) is 13.2. The average molecular weight is 632 g/mol. The van der Waals surface area contributed by atoms with Crippen LogP contribution >= 0.6 is 0 Å². The van der Waals surface area contributed by atoms with E-state index in [1.165, 1.54) is 24.2 Å². The van der Waals surface area contributed by atoms with Crippen molar-refractivity contribution in [2.75, 3.05) is 61.6 Å². The van der Waals surface area contributed by atoms with Crippen molar-refractivity contribution >= 4 is 52.5 Å². The lowest BCUT2D eigenvalue weighted by Crippen LogP contribution is -2.42. The second-order valence-corrected chi connectivity index (χ2v) is 10.5. The molecule has 0 saturated carbocycles. The maximum Gasteiger partial charge on any atom is 0.260 e. The van der Waals surface area contributed by atoms with E-state index >= 15 is 0 Å². The van der Waals surface area contributed by atoms with Gasteiger partial charge in [-0.3, -0.25) is 19.2 Å². The Morgan fingerprint density at radius 1 is 1.02 bits per heavy atom. The van der Waals surface area contributed by atoms with Gasteiger partial charge in [0, 0.05) is 61.6 Å². The Labute approximate surface area is 268 Å². The van der Waals surface area contributed by atoms with E-state index in [4.69, 9.17) is 10.8 Å². The number of nitrogens with zero attached hydrogens (tertiary/aromatic N) is 4. The van der Waals surface area contributed by atoms with Crippen LogP contribution in [-0.2, 0) is 9.59 Å². The number of aromatic nitrogens is 2. The number of likely N-dealkylation sites (N-methyl/N-ethyl adjacent to an activating group) is 2. The van der Waals surface area contributed by atoms with Crippen LogP contribution in [0.4, 0.5) is 28.8 Å². The summed E-state index contributed by atoms with van der Waals surface area (Å²) in [6.07, 6.45) is 5.27. The summed E-state index contributed by atoms with van der Waals surface area (Å²) in [6, 6.07) is 12.4. The Morgan fingerprint density at radius 2 is 1.72 bits per heavy atom. The van der Waals surface area contributed by atoms with Crippen LogP contribution in [0.15, 0.2) is 66.9 Å². The van der Waals surface area contributed by atoms with Crippen LogP contribution in [0.1, 0.15) is 41.0 Å². The molecule has 2 aromatic carbocycles. The van der Waals surface area contributed by atoms with E-state index in [1.807, 2.05) is 18.9 Å². The number of nitrogens with two attached hydrogens (primary N) is 1. The van der Waals surface area contributed by atoms with E-state index in [1.54, 1.807) is 61.5 Å². The third-order valence-electron chi connectivity index (χ3n) is 6.86. The minimum absolute atomic E-state index is 0.0229. The molecule has 4 amide bonds. The van der Waals surface area contributed by atoms with E-state index in [9.17, 15) is 19.2 Å². The van der Waals surface area contributed by atoms with Crippen molar-refractivity contribution in [2.24, 2.45) is 5.73 Å². The predicted molar refractivity (Wildman–Crippen MR) is 178 cm³/mol. The smallest absolute Gasteiger partial charge is 0.260 e. The van der Waals surface area contributed by atoms with Crippen molar-refractivity contribution in [3.05, 3.63) is 78.0 Å². The molecule has 0 aliphatic heterocycles. The fourth-order valence-electron chi connectivity index (χ4n) is 4.03. The minimum atomic E-state index is -0.775. The molecule has 1 atom stereocenters. The molecule has 1 heterocycles. The topological polar surface area (TPSA) is 195 Å². The van der Waals surface area contributed by atoms with E-state index < -0.39 is 23.8 Å². The summed E-state index contributed by atoms with van der Waals surface area (Å²) in [5.74, 6) is -1.17. The molecule has 244 valence electrons. The van der Waals surface area contributed by atoms with Gasteiger partial charge in [-0.05, 0) is 62.9 Å². The van der Waals surface area contributed by atoms with Gasteiger partial charge in [-0.1, -0.05) is 19.1 Å². The van der Waals surface area contributed by atoms with Crippen LogP contribution in [0.25, 0.3) is 0 Å². The van der Waals surface area contributed by atoms with Crippen molar-refractivity contribution in [1.29, 1.82) is 0 Å². The lowest BCUT2D eigenvalue weighted by molar-refractivity contribution is -0.132. The Balaban J connectivity index is 1.66. The summed E-state index contributed by atoms with van der Waals surface area (Å²) in [5, 5.41) is 20.8. The normalized spacial score (nSPS) is 11.6. The third kappa shape index (κ3) is 10.4. The molecule has 1 aromatic heterocycles. The van der Waals surface area contributed by atoms with Gasteiger partial charge in [-0.25, -0.2) is 4.98 Å². The van der Waals surface area contributed by atoms with Gasteiger partial charge in [-0.15, -0.1) is 0 Å². The number of amides is 4. The van der Waals surface area contributed by atoms with Gasteiger partial charge < -0.3 is 41.9 Å². The minimum Gasteiger partial charge on any atom is -0.395 e. The fraction of sp³-hybridized carbons (Fsp3) is 0.312. The van der Waals surface area contributed by atoms with Crippen molar-refractivity contribution in [3.8, 4) is 0 Å². The molecule has 0 aliphatic rings. The molecule has 46 heavy (non-hydrogen) atoms. The molecule has 0 bridgehead atoms. The number of carbonyl (C=O) groups excluding carboxylic acids is 4. The highest BCUT2D eigenvalue weighted by molar-refractivity contribution is 6.08. The Hall–Kier alpha value is -5.34. The lowest BCUT2D eigenvalue weighted by Gasteiger charge is -2.23. The number of benzene rings is 2. The maximum atomic E-state index is 13.3. The number of carbonyl (C=O) groups is 4. The molecule has 0 saturated heterocycles. The average Bonchev–Trinajstić information content (AvgIpc) is 3.03. The molecular formula is C32H41N9O5. The number of aliphatic hydroxyl groups is 1. The van der Waals surface area contributed by atoms with E-state index in [0.29, 0.717) is 48.1 Å². The van der Waals surface area contributed by atoms with Crippen LogP contribution in [0.2, 0.25) is 0 Å². The van der Waals surface area contributed by atoms with Gasteiger partial charge in [0.15, 0.2) is 0 Å². The Morgan fingerprint density at radius 3 is 2.37 bits per heavy atom. The second kappa shape index (κ2) is 17.2. The second-order valence-electron chi connectivity index (χ2n) is 10.5. The maximum absolute atomic E-state index is 13.3. The molecule has 14 nitrogen and oxygen atoms in total. The van der Waals surface area contributed by atoms with Crippen molar-refractivity contribution in [1.82, 2.24) is 19.8 Å². The quantitative estimate of drug-likeness (QED) is 0.128. The van der Waals surface area contributed by atoms with Gasteiger partial charge in [0.2, 0.25) is 23.7 Å². The first-order chi connectivity index (χ1) is 22.0. The highest BCUT2D eigenvalue weighted by atomic mass is 16.3. The van der Waals surface area contributed by atoms with Gasteiger partial charge in [-0.2, -0.15) is 4.98 Å². The molecule has 7 N–H and O–H groups in total.